The highest BCUT2D eigenvalue weighted by Crippen LogP contribution is 2.22. The average molecular weight is 797 g/mol. The van der Waals surface area contributed by atoms with E-state index in [0.717, 1.165) is 70.6 Å². The van der Waals surface area contributed by atoms with Crippen molar-refractivity contribution in [3.8, 4) is 0 Å². The van der Waals surface area contributed by atoms with E-state index in [2.05, 4.69) is 117 Å². The van der Waals surface area contributed by atoms with Crippen LogP contribution in [0.15, 0.2) is 109 Å². The van der Waals surface area contributed by atoms with Gasteiger partial charge in [0, 0.05) is 12.8 Å². The Labute approximate surface area is 342 Å². The number of allylic oxidation sites excluding steroid dienone is 18. The third-order valence-electron chi connectivity index (χ3n) is 8.65. The lowest BCUT2D eigenvalue weighted by Crippen LogP contribution is -2.59. The topological polar surface area (TPSA) is 152 Å². The predicted octanol–water partition coefficient (Wildman–Crippen LogP) is 8.55. The Balaban J connectivity index is 2.46. The van der Waals surface area contributed by atoms with Gasteiger partial charge in [-0.15, -0.1) is 0 Å². The molecule has 1 rings (SSSR count). The molecule has 1 aliphatic heterocycles. The Hall–Kier alpha value is -3.64. The molecule has 10 heteroatoms. The second-order valence-corrected chi connectivity index (χ2v) is 13.7. The number of aliphatic hydroxyl groups excluding tert-OH is 4. The van der Waals surface area contributed by atoms with Gasteiger partial charge in [-0.1, -0.05) is 123 Å². The molecule has 6 atom stereocenters. The summed E-state index contributed by atoms with van der Waals surface area (Å²) < 4.78 is 22.0. The van der Waals surface area contributed by atoms with Crippen LogP contribution in [0.2, 0.25) is 0 Å². The molecular formula is C47H72O10. The third-order valence-corrected chi connectivity index (χ3v) is 8.65. The Morgan fingerprint density at radius 2 is 0.982 bits per heavy atom. The van der Waals surface area contributed by atoms with Gasteiger partial charge >= 0.3 is 11.9 Å². The van der Waals surface area contributed by atoms with Crippen LogP contribution in [-0.4, -0.2) is 89.0 Å². The van der Waals surface area contributed by atoms with E-state index in [-0.39, 0.29) is 26.1 Å². The number of esters is 2. The minimum atomic E-state index is -1.62. The average Bonchev–Trinajstić information content (AvgIpc) is 3.21. The summed E-state index contributed by atoms with van der Waals surface area (Å²) in [6.45, 7) is 3.06. The lowest BCUT2D eigenvalue weighted by atomic mass is 9.99. The van der Waals surface area contributed by atoms with Gasteiger partial charge in [0.05, 0.1) is 13.2 Å². The van der Waals surface area contributed by atoms with Crippen LogP contribution in [0, 0.1) is 0 Å². The van der Waals surface area contributed by atoms with Crippen LogP contribution in [0.25, 0.3) is 0 Å². The number of carbonyl (C=O) groups excluding carboxylic acids is 2. The molecule has 0 radical (unpaired) electrons. The number of hydrogen-bond acceptors (Lipinski definition) is 10. The van der Waals surface area contributed by atoms with Crippen molar-refractivity contribution < 1.29 is 49.0 Å². The fourth-order valence-electron chi connectivity index (χ4n) is 5.39. The van der Waals surface area contributed by atoms with Crippen molar-refractivity contribution in [1.29, 1.82) is 0 Å². The molecule has 0 aliphatic carbocycles. The van der Waals surface area contributed by atoms with Crippen molar-refractivity contribution in [1.82, 2.24) is 0 Å². The van der Waals surface area contributed by atoms with E-state index in [1.54, 1.807) is 0 Å². The van der Waals surface area contributed by atoms with E-state index in [4.69, 9.17) is 18.9 Å². The molecule has 0 aromatic heterocycles. The molecule has 1 saturated heterocycles. The van der Waals surface area contributed by atoms with Crippen molar-refractivity contribution in [2.45, 2.75) is 153 Å². The van der Waals surface area contributed by atoms with Crippen LogP contribution >= 0.6 is 0 Å². The summed E-state index contributed by atoms with van der Waals surface area (Å²) in [7, 11) is 0. The molecule has 0 spiro atoms. The first-order valence-corrected chi connectivity index (χ1v) is 21.0. The molecule has 320 valence electrons. The molecule has 1 fully saturated rings. The molecule has 0 aromatic carbocycles. The lowest BCUT2D eigenvalue weighted by molar-refractivity contribution is -0.305. The first-order valence-electron chi connectivity index (χ1n) is 21.0. The van der Waals surface area contributed by atoms with Crippen LogP contribution in [-0.2, 0) is 28.5 Å². The highest BCUT2D eigenvalue weighted by atomic mass is 16.7. The van der Waals surface area contributed by atoms with Crippen molar-refractivity contribution >= 4 is 11.9 Å². The molecule has 1 aliphatic rings. The van der Waals surface area contributed by atoms with Gasteiger partial charge in [-0.2, -0.15) is 0 Å². The molecule has 0 saturated carbocycles. The van der Waals surface area contributed by atoms with E-state index < -0.39 is 55.4 Å². The van der Waals surface area contributed by atoms with Gasteiger partial charge in [0.15, 0.2) is 12.4 Å². The van der Waals surface area contributed by atoms with E-state index >= 15 is 0 Å². The molecule has 0 aromatic rings. The van der Waals surface area contributed by atoms with Crippen LogP contribution in [0.3, 0.4) is 0 Å². The van der Waals surface area contributed by atoms with Gasteiger partial charge in [0.25, 0.3) is 0 Å². The van der Waals surface area contributed by atoms with Crippen LogP contribution in [0.1, 0.15) is 117 Å². The molecule has 1 heterocycles. The number of carbonyl (C=O) groups is 2. The molecule has 57 heavy (non-hydrogen) atoms. The molecule has 0 bridgehead atoms. The monoisotopic (exact) mass is 797 g/mol. The molecule has 4 N–H and O–H groups in total. The quantitative estimate of drug-likeness (QED) is 0.0296. The van der Waals surface area contributed by atoms with Crippen molar-refractivity contribution in [3.63, 3.8) is 0 Å². The Morgan fingerprint density at radius 3 is 1.46 bits per heavy atom. The Bertz CT molecular complexity index is 1290. The molecular weight excluding hydrogens is 725 g/mol. The summed E-state index contributed by atoms with van der Waals surface area (Å²) in [4.78, 5) is 25.2. The maximum absolute atomic E-state index is 12.7. The number of ether oxygens (including phenoxy) is 4. The van der Waals surface area contributed by atoms with E-state index in [1.807, 2.05) is 6.08 Å². The summed E-state index contributed by atoms with van der Waals surface area (Å²) in [5, 5.41) is 40.0. The number of aliphatic hydroxyl groups is 4. The van der Waals surface area contributed by atoms with Gasteiger partial charge < -0.3 is 39.4 Å². The van der Waals surface area contributed by atoms with E-state index in [9.17, 15) is 30.0 Å². The first kappa shape index (κ1) is 51.4. The second kappa shape index (κ2) is 36.7. The van der Waals surface area contributed by atoms with Crippen molar-refractivity contribution in [3.05, 3.63) is 109 Å². The van der Waals surface area contributed by atoms with Gasteiger partial charge in [-0.3, -0.25) is 9.59 Å². The number of unbranched alkanes of at least 4 members (excludes halogenated alkanes) is 3. The highest BCUT2D eigenvalue weighted by Gasteiger charge is 2.44. The molecule has 0 amide bonds. The predicted molar refractivity (Wildman–Crippen MR) is 228 cm³/mol. The minimum absolute atomic E-state index is 0.135. The van der Waals surface area contributed by atoms with Crippen LogP contribution < -0.4 is 0 Å². The fraction of sp³-hybridized carbons (Fsp3) is 0.574. The van der Waals surface area contributed by atoms with Gasteiger partial charge in [-0.05, 0) is 89.9 Å². The minimum Gasteiger partial charge on any atom is -0.462 e. The van der Waals surface area contributed by atoms with E-state index in [1.165, 1.54) is 0 Å². The zero-order chi connectivity index (χ0) is 41.6. The first-order chi connectivity index (χ1) is 27.8. The maximum atomic E-state index is 12.7. The summed E-state index contributed by atoms with van der Waals surface area (Å²) in [6, 6.07) is 0. The summed E-state index contributed by atoms with van der Waals surface area (Å²) in [5.74, 6) is -0.939. The summed E-state index contributed by atoms with van der Waals surface area (Å²) in [6.07, 6.45) is 42.5. The fourth-order valence-corrected chi connectivity index (χ4v) is 5.39. The van der Waals surface area contributed by atoms with Crippen molar-refractivity contribution in [2.24, 2.45) is 0 Å². The largest absolute Gasteiger partial charge is 0.462 e. The zero-order valence-corrected chi connectivity index (χ0v) is 34.5. The summed E-state index contributed by atoms with van der Waals surface area (Å²) >= 11 is 0. The SMILES string of the molecule is CC/C=C\C/C=C\C/C=C\C/C=C\C/C=C\CCCC(=O)O[C@H](COC(=O)CCCC/C=C\C/C=C\C/C=C\C/C=C\CC)CO[C@@H]1O[C@H](CO)[C@H](O)[C@H](O)[C@H]1O. The Morgan fingerprint density at radius 1 is 0.544 bits per heavy atom. The van der Waals surface area contributed by atoms with Crippen LogP contribution in [0.4, 0.5) is 0 Å². The van der Waals surface area contributed by atoms with Crippen molar-refractivity contribution in [2.75, 3.05) is 19.8 Å². The number of hydrogen-bond donors (Lipinski definition) is 4. The third kappa shape index (κ3) is 28.4. The van der Waals surface area contributed by atoms with E-state index in [0.29, 0.717) is 19.3 Å². The Kier molecular flexibility index (Phi) is 33.1. The smallest absolute Gasteiger partial charge is 0.306 e. The highest BCUT2D eigenvalue weighted by molar-refractivity contribution is 5.70. The standard InChI is InChI=1S/C47H72O10/c1-3-5-7-9-11-13-15-17-19-20-22-24-26-28-30-32-34-36-43(50)56-40(39-55-47-46(53)45(52)44(51)41(37-48)57-47)38-54-42(49)35-33-31-29-27-25-23-21-18-16-14-12-10-8-6-4-2/h5-8,11-14,17-19,21-22,24-25,27-28,30,40-41,44-48,51-53H,3-4,9-10,15-16,20,23,26,29,31-39H2,1-2H3/b7-5-,8-6-,13-11-,14-12-,19-17-,21-18-,24-22-,27-25-,30-28-/t40-,41-,44+,45+,46-,47-/m1/s1. The lowest BCUT2D eigenvalue weighted by Gasteiger charge is -2.39. The summed E-state index contributed by atoms with van der Waals surface area (Å²) in [5.41, 5.74) is 0. The van der Waals surface area contributed by atoms with Crippen LogP contribution in [0.5, 0.6) is 0 Å². The molecule has 0 unspecified atom stereocenters. The second-order valence-electron chi connectivity index (χ2n) is 13.7. The van der Waals surface area contributed by atoms with Gasteiger partial charge in [0.1, 0.15) is 31.0 Å². The molecule has 10 nitrogen and oxygen atoms in total. The normalized spacial score (nSPS) is 21.4. The maximum Gasteiger partial charge on any atom is 0.306 e. The number of rotatable bonds is 32. The van der Waals surface area contributed by atoms with Gasteiger partial charge in [0.2, 0.25) is 0 Å². The zero-order valence-electron chi connectivity index (χ0n) is 34.5. The van der Waals surface area contributed by atoms with Gasteiger partial charge in [-0.25, -0.2) is 0 Å².